The zero-order valence-corrected chi connectivity index (χ0v) is 5.69. The van der Waals surface area contributed by atoms with Gasteiger partial charge in [-0.1, -0.05) is 6.92 Å². The summed E-state index contributed by atoms with van der Waals surface area (Å²) in [5, 5.41) is 0. The third kappa shape index (κ3) is 1.10. The van der Waals surface area contributed by atoms with Crippen molar-refractivity contribution in [3.63, 3.8) is 0 Å². The molecule has 0 radical (unpaired) electrons. The van der Waals surface area contributed by atoms with Crippen LogP contribution in [0.25, 0.3) is 0 Å². The molecule has 0 aromatic heterocycles. The van der Waals surface area contributed by atoms with Crippen molar-refractivity contribution in [1.82, 2.24) is 0 Å². The fourth-order valence-electron chi connectivity index (χ4n) is 0.573. The van der Waals surface area contributed by atoms with Gasteiger partial charge in [0.05, 0.1) is 13.2 Å². The molecule has 0 spiro atoms. The molecule has 0 amide bonds. The number of rotatable bonds is 1. The number of hydrogen-bond acceptors (Lipinski definition) is 3. The zero-order valence-electron chi connectivity index (χ0n) is 4.79. The second kappa shape index (κ2) is 2.18. The van der Waals surface area contributed by atoms with Crippen LogP contribution in [0.3, 0.4) is 0 Å². The third-order valence-corrected chi connectivity index (χ3v) is 2.97. The van der Waals surface area contributed by atoms with Crippen LogP contribution in [0.5, 0.6) is 0 Å². The zero-order chi connectivity index (χ0) is 6.04. The van der Waals surface area contributed by atoms with Crippen LogP contribution in [0.2, 0.25) is 0 Å². The Bertz CT molecular complexity index is 112. The molecule has 0 N–H and O–H groups in total. The summed E-state index contributed by atoms with van der Waals surface area (Å²) in [5.74, 6) is 0. The quantitative estimate of drug-likeness (QED) is 0.509. The van der Waals surface area contributed by atoms with Crippen LogP contribution in [-0.2, 0) is 13.6 Å². The summed E-state index contributed by atoms with van der Waals surface area (Å²) in [6, 6.07) is 0. The van der Waals surface area contributed by atoms with E-state index in [1.54, 1.807) is 6.92 Å². The highest BCUT2D eigenvalue weighted by Crippen LogP contribution is 2.50. The lowest BCUT2D eigenvalue weighted by Crippen LogP contribution is -1.81. The molecular weight excluding hydrogens is 127 g/mol. The van der Waals surface area contributed by atoms with Crippen LogP contribution in [0, 0.1) is 0 Å². The summed E-state index contributed by atoms with van der Waals surface area (Å²) in [5.41, 5.74) is 0. The van der Waals surface area contributed by atoms with E-state index < -0.39 is 7.60 Å². The van der Waals surface area contributed by atoms with E-state index in [2.05, 4.69) is 0 Å². The van der Waals surface area contributed by atoms with Crippen molar-refractivity contribution in [3.8, 4) is 0 Å². The molecule has 0 aromatic rings. The Hall–Kier alpha value is 0.150. The Kier molecular flexibility index (Phi) is 1.71. The van der Waals surface area contributed by atoms with Crippen molar-refractivity contribution < 1.29 is 13.6 Å². The molecule has 1 saturated heterocycles. The van der Waals surface area contributed by atoms with Crippen molar-refractivity contribution in [2.45, 2.75) is 6.92 Å². The molecule has 1 heterocycles. The summed E-state index contributed by atoms with van der Waals surface area (Å²) in [6.45, 7) is 2.78. The van der Waals surface area contributed by atoms with Crippen molar-refractivity contribution in [1.29, 1.82) is 0 Å². The summed E-state index contributed by atoms with van der Waals surface area (Å²) < 4.78 is 20.6. The normalized spacial score (nSPS) is 26.1. The van der Waals surface area contributed by atoms with E-state index in [-0.39, 0.29) is 0 Å². The van der Waals surface area contributed by atoms with Gasteiger partial charge in [0.2, 0.25) is 0 Å². The van der Waals surface area contributed by atoms with Crippen molar-refractivity contribution in [2.24, 2.45) is 0 Å². The molecule has 0 unspecified atom stereocenters. The first-order valence-corrected chi connectivity index (χ1v) is 4.38. The van der Waals surface area contributed by atoms with E-state index in [4.69, 9.17) is 9.05 Å². The van der Waals surface area contributed by atoms with Crippen LogP contribution in [0.15, 0.2) is 0 Å². The lowest BCUT2D eigenvalue weighted by Gasteiger charge is -2.02. The maximum atomic E-state index is 10.9. The van der Waals surface area contributed by atoms with Gasteiger partial charge < -0.3 is 9.05 Å². The first-order chi connectivity index (χ1) is 3.77. The minimum absolute atomic E-state index is 0.491. The molecule has 0 saturated carbocycles. The minimum Gasteiger partial charge on any atom is -0.306 e. The fourth-order valence-corrected chi connectivity index (χ4v) is 1.72. The Morgan fingerprint density at radius 1 is 1.50 bits per heavy atom. The molecule has 4 heteroatoms. The molecule has 1 rings (SSSR count). The fraction of sp³-hybridized carbons (Fsp3) is 1.00. The molecule has 0 bridgehead atoms. The Morgan fingerprint density at radius 2 is 2.00 bits per heavy atom. The van der Waals surface area contributed by atoms with Crippen LogP contribution >= 0.6 is 7.60 Å². The van der Waals surface area contributed by atoms with Gasteiger partial charge in [0.15, 0.2) is 0 Å². The first kappa shape index (κ1) is 6.27. The average molecular weight is 136 g/mol. The maximum absolute atomic E-state index is 10.9. The molecule has 1 aliphatic heterocycles. The molecule has 1 aliphatic rings. The summed E-state index contributed by atoms with van der Waals surface area (Å²) in [7, 11) is -2.55. The van der Waals surface area contributed by atoms with Gasteiger partial charge in [0.1, 0.15) is 0 Å². The first-order valence-electron chi connectivity index (χ1n) is 2.65. The van der Waals surface area contributed by atoms with E-state index in [1.807, 2.05) is 0 Å². The maximum Gasteiger partial charge on any atom is 0.330 e. The van der Waals surface area contributed by atoms with Gasteiger partial charge in [0, 0.05) is 6.16 Å². The molecule has 0 aliphatic carbocycles. The molecule has 1 fully saturated rings. The average Bonchev–Trinajstić information content (AvgIpc) is 2.17. The van der Waals surface area contributed by atoms with Crippen LogP contribution < -0.4 is 0 Å². The SMILES string of the molecule is CCP1(=O)OCCO1. The third-order valence-electron chi connectivity index (χ3n) is 1.05. The second-order valence-electron chi connectivity index (χ2n) is 1.59. The van der Waals surface area contributed by atoms with E-state index in [9.17, 15) is 4.57 Å². The number of hydrogen-bond donors (Lipinski definition) is 0. The van der Waals surface area contributed by atoms with Crippen LogP contribution in [0.4, 0.5) is 0 Å². The lowest BCUT2D eigenvalue weighted by molar-refractivity contribution is 0.353. The summed E-state index contributed by atoms with van der Waals surface area (Å²) >= 11 is 0. The van der Waals surface area contributed by atoms with Crippen molar-refractivity contribution in [3.05, 3.63) is 0 Å². The summed E-state index contributed by atoms with van der Waals surface area (Å²) in [6.07, 6.45) is 0.493. The largest absolute Gasteiger partial charge is 0.330 e. The highest BCUT2D eigenvalue weighted by molar-refractivity contribution is 7.54. The van der Waals surface area contributed by atoms with E-state index in [0.717, 1.165) is 0 Å². The minimum atomic E-state index is -2.55. The lowest BCUT2D eigenvalue weighted by atomic mass is 10.8. The molecule has 48 valence electrons. The van der Waals surface area contributed by atoms with E-state index in [1.165, 1.54) is 0 Å². The van der Waals surface area contributed by atoms with Gasteiger partial charge >= 0.3 is 7.60 Å². The monoisotopic (exact) mass is 136 g/mol. The highest BCUT2D eigenvalue weighted by Gasteiger charge is 2.26. The Morgan fingerprint density at radius 3 is 2.25 bits per heavy atom. The molecule has 3 nitrogen and oxygen atoms in total. The van der Waals surface area contributed by atoms with Gasteiger partial charge in [0.25, 0.3) is 0 Å². The van der Waals surface area contributed by atoms with E-state index in [0.29, 0.717) is 19.4 Å². The van der Waals surface area contributed by atoms with Gasteiger partial charge in [-0.2, -0.15) is 0 Å². The smallest absolute Gasteiger partial charge is 0.306 e. The standard InChI is InChI=1S/C4H9O3P/c1-2-8(5)6-3-4-7-8/h2-4H2,1H3. The van der Waals surface area contributed by atoms with Crippen molar-refractivity contribution >= 4 is 7.60 Å². The Labute approximate surface area is 48.5 Å². The van der Waals surface area contributed by atoms with E-state index >= 15 is 0 Å². The second-order valence-corrected chi connectivity index (χ2v) is 3.96. The highest BCUT2D eigenvalue weighted by atomic mass is 31.2. The topological polar surface area (TPSA) is 35.5 Å². The predicted molar refractivity (Wildman–Crippen MR) is 30.1 cm³/mol. The van der Waals surface area contributed by atoms with Gasteiger partial charge in [-0.15, -0.1) is 0 Å². The van der Waals surface area contributed by atoms with Gasteiger partial charge in [-0.3, -0.25) is 4.57 Å². The van der Waals surface area contributed by atoms with Crippen molar-refractivity contribution in [2.75, 3.05) is 19.4 Å². The van der Waals surface area contributed by atoms with Gasteiger partial charge in [-0.05, 0) is 0 Å². The molecular formula is C4H9O3P. The van der Waals surface area contributed by atoms with Gasteiger partial charge in [-0.25, -0.2) is 0 Å². The van der Waals surface area contributed by atoms with Crippen LogP contribution in [0.1, 0.15) is 6.92 Å². The van der Waals surface area contributed by atoms with Crippen LogP contribution in [-0.4, -0.2) is 19.4 Å². The molecule has 0 aromatic carbocycles. The summed E-state index contributed by atoms with van der Waals surface area (Å²) in [4.78, 5) is 0. The Balaban J connectivity index is 2.53. The predicted octanol–water partition coefficient (Wildman–Crippen LogP) is 1.25. The molecule has 8 heavy (non-hydrogen) atoms. The molecule has 0 atom stereocenters.